The highest BCUT2D eigenvalue weighted by Gasteiger charge is 2.33. The first-order valence-corrected chi connectivity index (χ1v) is 9.68. The van der Waals surface area contributed by atoms with Gasteiger partial charge in [-0.3, -0.25) is 4.57 Å². The quantitative estimate of drug-likeness (QED) is 0.561. The number of benzene rings is 2. The summed E-state index contributed by atoms with van der Waals surface area (Å²) in [5, 5.41) is -0.390. The first kappa shape index (κ1) is 21.0. The molecule has 0 aliphatic carbocycles. The van der Waals surface area contributed by atoms with Crippen LogP contribution in [0.4, 0.5) is 19.0 Å². The fraction of sp³-hybridized carbons (Fsp3) is 0.238. The van der Waals surface area contributed by atoms with Crippen molar-refractivity contribution in [2.45, 2.75) is 19.3 Å². The summed E-state index contributed by atoms with van der Waals surface area (Å²) in [7, 11) is 1.89. The monoisotopic (exact) mass is 451 g/mol. The number of alkyl halides is 3. The number of aromatic nitrogens is 2. The summed E-state index contributed by atoms with van der Waals surface area (Å²) in [6, 6.07) is 11.7. The van der Waals surface area contributed by atoms with Gasteiger partial charge in [0, 0.05) is 26.2 Å². The van der Waals surface area contributed by atoms with E-state index in [1.165, 1.54) is 6.07 Å². The van der Waals surface area contributed by atoms with E-state index in [9.17, 15) is 18.0 Å². The molecule has 0 atom stereocenters. The highest BCUT2D eigenvalue weighted by Crippen LogP contribution is 2.37. The van der Waals surface area contributed by atoms with Crippen LogP contribution >= 0.6 is 11.6 Å². The zero-order valence-electron chi connectivity index (χ0n) is 16.3. The van der Waals surface area contributed by atoms with Gasteiger partial charge in [-0.15, -0.1) is 0 Å². The fourth-order valence-corrected chi connectivity index (χ4v) is 3.40. The van der Waals surface area contributed by atoms with Gasteiger partial charge in [-0.05, 0) is 35.9 Å². The maximum Gasteiger partial charge on any atom is 0.417 e. The van der Waals surface area contributed by atoms with Crippen molar-refractivity contribution in [3.05, 3.63) is 75.2 Å². The molecule has 0 radical (unpaired) electrons. The van der Waals surface area contributed by atoms with Gasteiger partial charge in [0.05, 0.1) is 10.6 Å². The fourth-order valence-electron chi connectivity index (χ4n) is 3.17. The highest BCUT2D eigenvalue weighted by molar-refractivity contribution is 6.31. The van der Waals surface area contributed by atoms with E-state index in [1.54, 1.807) is 34.9 Å². The van der Waals surface area contributed by atoms with Crippen molar-refractivity contribution in [1.82, 2.24) is 9.55 Å². The standard InChI is InChI=1S/C21H17ClF3N3O3/c1-27-8-9-28-19(27)11-18(26-20(28)29)30-12-13-2-4-14(5-3-13)31-15-6-7-17(22)16(10-15)21(23,24)25/h2-7,10-11H,8-9,12H2,1H3. The summed E-state index contributed by atoms with van der Waals surface area (Å²) < 4.78 is 51.7. The van der Waals surface area contributed by atoms with Crippen molar-refractivity contribution in [2.75, 3.05) is 18.5 Å². The van der Waals surface area contributed by atoms with Crippen molar-refractivity contribution in [3.8, 4) is 17.4 Å². The molecule has 0 unspecified atom stereocenters. The van der Waals surface area contributed by atoms with E-state index in [-0.39, 0.29) is 23.9 Å². The average molecular weight is 452 g/mol. The molecule has 1 aliphatic rings. The number of anilines is 1. The highest BCUT2D eigenvalue weighted by atomic mass is 35.5. The Bertz CT molecular complexity index is 1160. The second-order valence-electron chi connectivity index (χ2n) is 6.98. The Morgan fingerprint density at radius 2 is 1.77 bits per heavy atom. The Balaban J connectivity index is 1.42. The Kier molecular flexibility index (Phi) is 5.53. The first-order valence-electron chi connectivity index (χ1n) is 9.30. The van der Waals surface area contributed by atoms with Crippen molar-refractivity contribution >= 4 is 17.4 Å². The van der Waals surface area contributed by atoms with E-state index in [0.29, 0.717) is 12.3 Å². The molecule has 0 spiro atoms. The van der Waals surface area contributed by atoms with Crippen LogP contribution in [0.15, 0.2) is 53.3 Å². The van der Waals surface area contributed by atoms with Crippen LogP contribution in [0.5, 0.6) is 17.4 Å². The van der Waals surface area contributed by atoms with E-state index < -0.39 is 16.8 Å². The molecule has 162 valence electrons. The van der Waals surface area contributed by atoms with Crippen LogP contribution < -0.4 is 20.1 Å². The van der Waals surface area contributed by atoms with Gasteiger partial charge in [0.2, 0.25) is 5.88 Å². The van der Waals surface area contributed by atoms with Gasteiger partial charge < -0.3 is 14.4 Å². The smallest absolute Gasteiger partial charge is 0.417 e. The molecule has 3 aromatic rings. The number of ether oxygens (including phenoxy) is 2. The van der Waals surface area contributed by atoms with Crippen LogP contribution in [-0.2, 0) is 19.3 Å². The summed E-state index contributed by atoms with van der Waals surface area (Å²) in [5.74, 6) is 1.36. The minimum absolute atomic E-state index is 0.0210. The van der Waals surface area contributed by atoms with Gasteiger partial charge in [0.1, 0.15) is 23.9 Å². The topological polar surface area (TPSA) is 56.6 Å². The minimum Gasteiger partial charge on any atom is -0.473 e. The molecule has 0 saturated carbocycles. The zero-order chi connectivity index (χ0) is 22.2. The molecule has 6 nitrogen and oxygen atoms in total. The number of hydrogen-bond acceptors (Lipinski definition) is 5. The Morgan fingerprint density at radius 3 is 2.48 bits per heavy atom. The van der Waals surface area contributed by atoms with Gasteiger partial charge in [-0.1, -0.05) is 23.7 Å². The van der Waals surface area contributed by atoms with Crippen molar-refractivity contribution in [1.29, 1.82) is 0 Å². The Labute approximate surface area is 180 Å². The first-order chi connectivity index (χ1) is 14.7. The lowest BCUT2D eigenvalue weighted by atomic mass is 10.2. The van der Waals surface area contributed by atoms with Crippen molar-refractivity contribution in [3.63, 3.8) is 0 Å². The number of hydrogen-bond donors (Lipinski definition) is 0. The lowest BCUT2D eigenvalue weighted by Gasteiger charge is -2.13. The molecule has 0 N–H and O–H groups in total. The molecule has 1 aromatic heterocycles. The molecule has 2 aromatic carbocycles. The van der Waals surface area contributed by atoms with E-state index >= 15 is 0 Å². The third kappa shape index (κ3) is 4.61. The second-order valence-corrected chi connectivity index (χ2v) is 7.39. The summed E-state index contributed by atoms with van der Waals surface area (Å²) in [4.78, 5) is 17.9. The van der Waals surface area contributed by atoms with Crippen LogP contribution in [0.3, 0.4) is 0 Å². The maximum atomic E-state index is 13.0. The third-order valence-electron chi connectivity index (χ3n) is 4.80. The van der Waals surface area contributed by atoms with E-state index in [0.717, 1.165) is 30.1 Å². The predicted molar refractivity (Wildman–Crippen MR) is 109 cm³/mol. The SMILES string of the molecule is CN1CCn2c1cc(OCc1ccc(Oc3ccc(Cl)c(C(F)(F)F)c3)cc1)nc2=O. The van der Waals surface area contributed by atoms with E-state index in [1.807, 2.05) is 11.9 Å². The lowest BCUT2D eigenvalue weighted by molar-refractivity contribution is -0.137. The van der Waals surface area contributed by atoms with Crippen LogP contribution in [0.2, 0.25) is 5.02 Å². The number of rotatable bonds is 5. The van der Waals surface area contributed by atoms with Crippen LogP contribution in [-0.4, -0.2) is 23.1 Å². The van der Waals surface area contributed by atoms with Gasteiger partial charge in [0.15, 0.2) is 0 Å². The number of likely N-dealkylation sites (N-methyl/N-ethyl adjacent to an activating group) is 1. The summed E-state index contributed by atoms with van der Waals surface area (Å²) >= 11 is 5.62. The van der Waals surface area contributed by atoms with E-state index in [2.05, 4.69) is 4.98 Å². The number of halogens is 4. The van der Waals surface area contributed by atoms with Crippen molar-refractivity contribution < 1.29 is 22.6 Å². The normalized spacial score (nSPS) is 13.3. The maximum absolute atomic E-state index is 13.0. The molecule has 31 heavy (non-hydrogen) atoms. The molecule has 2 heterocycles. The summed E-state index contributed by atoms with van der Waals surface area (Å²) in [6.45, 7) is 1.50. The van der Waals surface area contributed by atoms with Gasteiger partial charge in [-0.25, -0.2) is 4.79 Å². The minimum atomic E-state index is -4.57. The molecule has 1 aliphatic heterocycles. The van der Waals surface area contributed by atoms with Gasteiger partial charge in [-0.2, -0.15) is 18.2 Å². The molecule has 0 fully saturated rings. The van der Waals surface area contributed by atoms with Crippen LogP contribution in [0, 0.1) is 0 Å². The Morgan fingerprint density at radius 1 is 1.06 bits per heavy atom. The predicted octanol–water partition coefficient (Wildman–Crippen LogP) is 4.74. The van der Waals surface area contributed by atoms with Gasteiger partial charge >= 0.3 is 11.9 Å². The third-order valence-corrected chi connectivity index (χ3v) is 5.13. The molecule has 4 rings (SSSR count). The largest absolute Gasteiger partial charge is 0.473 e. The Hall–Kier alpha value is -3.20. The number of nitrogens with zero attached hydrogens (tertiary/aromatic N) is 3. The summed E-state index contributed by atoms with van der Waals surface area (Å²) in [6.07, 6.45) is -4.57. The second kappa shape index (κ2) is 8.14. The molecule has 0 saturated heterocycles. The number of fused-ring (bicyclic) bond motifs is 1. The zero-order valence-corrected chi connectivity index (χ0v) is 17.1. The molecule has 10 heteroatoms. The molecular weight excluding hydrogens is 435 g/mol. The molecule has 0 bridgehead atoms. The molecular formula is C21H17ClF3N3O3. The van der Waals surface area contributed by atoms with Crippen LogP contribution in [0.1, 0.15) is 11.1 Å². The van der Waals surface area contributed by atoms with Crippen LogP contribution in [0.25, 0.3) is 0 Å². The van der Waals surface area contributed by atoms with E-state index in [4.69, 9.17) is 21.1 Å². The van der Waals surface area contributed by atoms with Gasteiger partial charge in [0.25, 0.3) is 0 Å². The van der Waals surface area contributed by atoms with Crippen molar-refractivity contribution in [2.24, 2.45) is 0 Å². The average Bonchev–Trinajstić information content (AvgIpc) is 3.09. The summed E-state index contributed by atoms with van der Waals surface area (Å²) in [5.41, 5.74) is -0.544. The lowest BCUT2D eigenvalue weighted by Crippen LogP contribution is -2.22. The molecule has 0 amide bonds.